The number of phenolic OH excluding ortho intramolecular Hbond substituents is 1. The first kappa shape index (κ1) is 18.9. The lowest BCUT2D eigenvalue weighted by molar-refractivity contribution is 0.182. The molecule has 0 aliphatic rings. The van der Waals surface area contributed by atoms with E-state index < -0.39 is 17.4 Å². The number of allylic oxidation sites excluding steroid dienone is 1. The monoisotopic (exact) mass is 370 g/mol. The third-order valence-corrected chi connectivity index (χ3v) is 4.23. The maximum absolute atomic E-state index is 14.1. The molecule has 0 bridgehead atoms. The number of phenols is 1. The number of aromatic hydroxyl groups is 1. The van der Waals surface area contributed by atoms with Crippen LogP contribution in [0.5, 0.6) is 5.75 Å². The number of fused-ring (bicyclic) bond motifs is 1. The van der Waals surface area contributed by atoms with Crippen molar-refractivity contribution in [2.75, 3.05) is 0 Å². The smallest absolute Gasteiger partial charge is 0.200 e. The number of nitrogens with zero attached hydrogens (tertiary/aromatic N) is 2. The highest BCUT2D eigenvalue weighted by Crippen LogP contribution is 2.30. The zero-order valence-electron chi connectivity index (χ0n) is 14.9. The summed E-state index contributed by atoms with van der Waals surface area (Å²) in [6.07, 6.45) is 7.60. The molecule has 0 spiro atoms. The molecule has 1 heterocycles. The van der Waals surface area contributed by atoms with Crippen LogP contribution >= 0.6 is 0 Å². The van der Waals surface area contributed by atoms with Gasteiger partial charge in [0.05, 0.1) is 11.6 Å². The highest BCUT2D eigenvalue weighted by Gasteiger charge is 2.14. The van der Waals surface area contributed by atoms with E-state index in [2.05, 4.69) is 9.97 Å². The van der Waals surface area contributed by atoms with Crippen LogP contribution in [0.4, 0.5) is 8.78 Å². The van der Waals surface area contributed by atoms with Gasteiger partial charge in [-0.15, -0.1) is 0 Å². The van der Waals surface area contributed by atoms with Crippen LogP contribution in [0.25, 0.3) is 28.1 Å². The Hall–Kier alpha value is -2.86. The van der Waals surface area contributed by atoms with Gasteiger partial charge in [0.15, 0.2) is 17.4 Å². The zero-order valence-corrected chi connectivity index (χ0v) is 14.9. The molecule has 140 valence electrons. The van der Waals surface area contributed by atoms with Crippen molar-refractivity contribution in [1.29, 1.82) is 0 Å². The number of halogens is 2. The molecule has 3 rings (SSSR count). The van der Waals surface area contributed by atoms with E-state index in [4.69, 9.17) is 0 Å². The summed E-state index contributed by atoms with van der Waals surface area (Å²) in [5.41, 5.74) is 1.23. The standard InChI is InChI=1S/C21H20F2N2O2/c1-13(26)5-3-2-4-6-19-24-12-15-11-14(7-9-17(15)25-19)16-8-10-18(27)21(23)20(16)22/h4,6-13,26-27H,2-3,5H2,1H3/b6-4+. The molecule has 0 saturated heterocycles. The van der Waals surface area contributed by atoms with Gasteiger partial charge in [-0.25, -0.2) is 14.4 Å². The predicted octanol–water partition coefficient (Wildman–Crippen LogP) is 4.84. The fourth-order valence-corrected chi connectivity index (χ4v) is 2.78. The van der Waals surface area contributed by atoms with Crippen molar-refractivity contribution in [2.24, 2.45) is 0 Å². The average molecular weight is 370 g/mol. The Labute approximate surface area is 155 Å². The van der Waals surface area contributed by atoms with Gasteiger partial charge >= 0.3 is 0 Å². The van der Waals surface area contributed by atoms with Crippen molar-refractivity contribution in [3.05, 3.63) is 60.1 Å². The van der Waals surface area contributed by atoms with E-state index in [0.717, 1.165) is 25.3 Å². The van der Waals surface area contributed by atoms with Crippen LogP contribution in [0.1, 0.15) is 32.0 Å². The van der Waals surface area contributed by atoms with Gasteiger partial charge in [0, 0.05) is 17.1 Å². The molecule has 1 unspecified atom stereocenters. The summed E-state index contributed by atoms with van der Waals surface area (Å²) in [6.45, 7) is 1.77. The van der Waals surface area contributed by atoms with Gasteiger partial charge in [-0.05, 0) is 62.1 Å². The number of unbranched alkanes of at least 4 members (excludes halogenated alkanes) is 1. The summed E-state index contributed by atoms with van der Waals surface area (Å²) < 4.78 is 27.7. The highest BCUT2D eigenvalue weighted by atomic mass is 19.2. The summed E-state index contributed by atoms with van der Waals surface area (Å²) in [5, 5.41) is 19.2. The first-order chi connectivity index (χ1) is 13.0. The van der Waals surface area contributed by atoms with Crippen LogP contribution in [-0.2, 0) is 0 Å². The second kappa shape index (κ2) is 8.22. The SMILES string of the molecule is CC(O)CCC/C=C/c1ncc2cc(-c3ccc(O)c(F)c3F)ccc2n1. The van der Waals surface area contributed by atoms with Crippen molar-refractivity contribution in [3.8, 4) is 16.9 Å². The molecule has 6 heteroatoms. The fraction of sp³-hybridized carbons (Fsp3) is 0.238. The molecule has 0 fully saturated rings. The van der Waals surface area contributed by atoms with E-state index in [1.165, 1.54) is 6.07 Å². The lowest BCUT2D eigenvalue weighted by atomic mass is 10.0. The van der Waals surface area contributed by atoms with E-state index in [-0.39, 0.29) is 11.7 Å². The van der Waals surface area contributed by atoms with E-state index in [1.54, 1.807) is 31.3 Å². The summed E-state index contributed by atoms with van der Waals surface area (Å²) >= 11 is 0. The number of benzene rings is 2. The molecule has 27 heavy (non-hydrogen) atoms. The third kappa shape index (κ3) is 4.46. The van der Waals surface area contributed by atoms with Crippen LogP contribution in [-0.4, -0.2) is 26.3 Å². The molecule has 0 radical (unpaired) electrons. The number of rotatable bonds is 6. The van der Waals surface area contributed by atoms with Gasteiger partial charge in [0.25, 0.3) is 0 Å². The van der Waals surface area contributed by atoms with E-state index in [1.807, 2.05) is 12.2 Å². The Bertz CT molecular complexity index is 987. The number of hydrogen-bond donors (Lipinski definition) is 2. The molecule has 0 amide bonds. The van der Waals surface area contributed by atoms with Crippen LogP contribution in [0.15, 0.2) is 42.6 Å². The fourth-order valence-electron chi connectivity index (χ4n) is 2.78. The van der Waals surface area contributed by atoms with Crippen molar-refractivity contribution < 1.29 is 19.0 Å². The molecular weight excluding hydrogens is 350 g/mol. The summed E-state index contributed by atoms with van der Waals surface area (Å²) in [4.78, 5) is 8.72. The topological polar surface area (TPSA) is 66.2 Å². The quantitative estimate of drug-likeness (QED) is 0.609. The van der Waals surface area contributed by atoms with E-state index >= 15 is 0 Å². The van der Waals surface area contributed by atoms with Crippen molar-refractivity contribution >= 4 is 17.0 Å². The largest absolute Gasteiger partial charge is 0.505 e. The van der Waals surface area contributed by atoms with E-state index in [9.17, 15) is 19.0 Å². The van der Waals surface area contributed by atoms with Gasteiger partial charge < -0.3 is 10.2 Å². The number of aliphatic hydroxyl groups is 1. The lowest BCUT2D eigenvalue weighted by Gasteiger charge is -2.07. The minimum atomic E-state index is -1.26. The summed E-state index contributed by atoms with van der Waals surface area (Å²) in [7, 11) is 0. The maximum Gasteiger partial charge on any atom is 0.200 e. The number of aromatic nitrogens is 2. The van der Waals surface area contributed by atoms with Crippen molar-refractivity contribution in [1.82, 2.24) is 9.97 Å². The molecule has 0 aliphatic heterocycles. The van der Waals surface area contributed by atoms with Crippen LogP contribution in [0, 0.1) is 11.6 Å². The third-order valence-electron chi connectivity index (χ3n) is 4.23. The zero-order chi connectivity index (χ0) is 19.4. The van der Waals surface area contributed by atoms with Gasteiger partial charge in [-0.1, -0.05) is 12.1 Å². The van der Waals surface area contributed by atoms with Crippen molar-refractivity contribution in [3.63, 3.8) is 0 Å². The highest BCUT2D eigenvalue weighted by molar-refractivity contribution is 5.84. The number of aliphatic hydroxyl groups excluding tert-OH is 1. The van der Waals surface area contributed by atoms with Crippen LogP contribution in [0.3, 0.4) is 0 Å². The molecule has 1 aromatic heterocycles. The molecule has 1 atom stereocenters. The summed E-state index contributed by atoms with van der Waals surface area (Å²) in [5.74, 6) is -2.51. The first-order valence-electron chi connectivity index (χ1n) is 8.74. The van der Waals surface area contributed by atoms with Crippen LogP contribution < -0.4 is 0 Å². The normalized spacial score (nSPS) is 12.7. The predicted molar refractivity (Wildman–Crippen MR) is 101 cm³/mol. The average Bonchev–Trinajstić information content (AvgIpc) is 2.65. The lowest BCUT2D eigenvalue weighted by Crippen LogP contribution is -1.97. The Kier molecular flexibility index (Phi) is 5.76. The minimum Gasteiger partial charge on any atom is -0.505 e. The second-order valence-corrected chi connectivity index (χ2v) is 6.44. The van der Waals surface area contributed by atoms with Gasteiger partial charge in [-0.2, -0.15) is 4.39 Å². The molecule has 0 saturated carbocycles. The van der Waals surface area contributed by atoms with Gasteiger partial charge in [0.1, 0.15) is 0 Å². The molecule has 4 nitrogen and oxygen atoms in total. The Morgan fingerprint density at radius 1 is 1.15 bits per heavy atom. The molecule has 2 N–H and O–H groups in total. The molecular formula is C21H20F2N2O2. The second-order valence-electron chi connectivity index (χ2n) is 6.44. The molecule has 0 aliphatic carbocycles. The number of hydrogen-bond acceptors (Lipinski definition) is 4. The van der Waals surface area contributed by atoms with Gasteiger partial charge in [-0.3, -0.25) is 0 Å². The minimum absolute atomic E-state index is 0.0642. The molecule has 2 aromatic carbocycles. The van der Waals surface area contributed by atoms with Crippen LogP contribution in [0.2, 0.25) is 0 Å². The Morgan fingerprint density at radius 3 is 2.74 bits per heavy atom. The van der Waals surface area contributed by atoms with Gasteiger partial charge in [0.2, 0.25) is 5.82 Å². The Balaban J connectivity index is 1.81. The Morgan fingerprint density at radius 2 is 1.96 bits per heavy atom. The summed E-state index contributed by atoms with van der Waals surface area (Å²) in [6, 6.07) is 7.52. The first-order valence-corrected chi connectivity index (χ1v) is 8.74. The van der Waals surface area contributed by atoms with Crippen molar-refractivity contribution in [2.45, 2.75) is 32.3 Å². The maximum atomic E-state index is 14.1. The van der Waals surface area contributed by atoms with E-state index in [0.29, 0.717) is 22.3 Å². The molecule has 3 aromatic rings.